The van der Waals surface area contributed by atoms with Gasteiger partial charge in [-0.15, -0.1) is 0 Å². The number of carbonyl (C=O) groups excluding carboxylic acids is 1. The Morgan fingerprint density at radius 3 is 2.45 bits per heavy atom. The minimum atomic E-state index is -0.673. The maximum Gasteiger partial charge on any atom is 0.222 e. The van der Waals surface area contributed by atoms with E-state index in [1.807, 2.05) is 6.92 Å². The summed E-state index contributed by atoms with van der Waals surface area (Å²) in [5, 5.41) is 0. The molecule has 1 rings (SSSR count). The molecule has 0 aliphatic carbocycles. The molecule has 1 amide bonds. The lowest BCUT2D eigenvalue weighted by atomic mass is 10.4. The Labute approximate surface area is 69.2 Å². The standard InChI is InChI=1S/C7H13NO2S/c1-2-7(9)8-3-5-11(10)6-4-8/h2-6H2,1H3. The normalized spacial score (nSPS) is 20.3. The molecule has 0 bridgehead atoms. The smallest absolute Gasteiger partial charge is 0.222 e. The highest BCUT2D eigenvalue weighted by Crippen LogP contribution is 2.01. The quantitative estimate of drug-likeness (QED) is 0.562. The lowest BCUT2D eigenvalue weighted by molar-refractivity contribution is -0.130. The zero-order chi connectivity index (χ0) is 8.27. The fraction of sp³-hybridized carbons (Fsp3) is 0.857. The van der Waals surface area contributed by atoms with Crippen LogP contribution in [0.5, 0.6) is 0 Å². The molecular weight excluding hydrogens is 162 g/mol. The minimum absolute atomic E-state index is 0.182. The lowest BCUT2D eigenvalue weighted by Crippen LogP contribution is -2.41. The Morgan fingerprint density at radius 1 is 1.45 bits per heavy atom. The topological polar surface area (TPSA) is 37.4 Å². The fourth-order valence-corrected chi connectivity index (χ4v) is 2.16. The monoisotopic (exact) mass is 175 g/mol. The van der Waals surface area contributed by atoms with Crippen LogP contribution >= 0.6 is 0 Å². The Bertz CT molecular complexity index is 171. The summed E-state index contributed by atoms with van der Waals surface area (Å²) in [6.07, 6.45) is 0.562. The van der Waals surface area contributed by atoms with E-state index in [1.165, 1.54) is 0 Å². The van der Waals surface area contributed by atoms with Crippen LogP contribution < -0.4 is 0 Å². The van der Waals surface area contributed by atoms with Crippen LogP contribution in [-0.2, 0) is 15.6 Å². The molecule has 0 saturated carbocycles. The van der Waals surface area contributed by atoms with Crippen LogP contribution in [0.1, 0.15) is 13.3 Å². The zero-order valence-corrected chi connectivity index (χ0v) is 7.52. The van der Waals surface area contributed by atoms with Gasteiger partial charge in [-0.3, -0.25) is 9.00 Å². The molecule has 4 heteroatoms. The number of rotatable bonds is 1. The summed E-state index contributed by atoms with van der Waals surface area (Å²) in [6, 6.07) is 0. The third kappa shape index (κ3) is 2.29. The Kier molecular flexibility index (Phi) is 3.05. The summed E-state index contributed by atoms with van der Waals surface area (Å²) < 4.78 is 10.9. The van der Waals surface area contributed by atoms with Gasteiger partial charge in [0, 0.05) is 41.8 Å². The van der Waals surface area contributed by atoms with Crippen LogP contribution in [0.3, 0.4) is 0 Å². The molecule has 0 aromatic rings. The van der Waals surface area contributed by atoms with E-state index < -0.39 is 10.8 Å². The molecule has 0 aromatic heterocycles. The van der Waals surface area contributed by atoms with Crippen molar-refractivity contribution in [2.24, 2.45) is 0 Å². The largest absolute Gasteiger partial charge is 0.341 e. The molecule has 1 aliphatic rings. The highest BCUT2D eigenvalue weighted by molar-refractivity contribution is 7.85. The van der Waals surface area contributed by atoms with Gasteiger partial charge in [-0.05, 0) is 0 Å². The van der Waals surface area contributed by atoms with Gasteiger partial charge in [0.2, 0.25) is 5.91 Å². The van der Waals surface area contributed by atoms with Crippen molar-refractivity contribution >= 4 is 16.7 Å². The van der Waals surface area contributed by atoms with Crippen LogP contribution in [0.25, 0.3) is 0 Å². The summed E-state index contributed by atoms with van der Waals surface area (Å²) in [5.41, 5.74) is 0. The molecule has 11 heavy (non-hydrogen) atoms. The van der Waals surface area contributed by atoms with E-state index in [-0.39, 0.29) is 5.91 Å². The first-order chi connectivity index (χ1) is 5.24. The van der Waals surface area contributed by atoms with Gasteiger partial charge in [0.1, 0.15) is 0 Å². The number of nitrogens with zero attached hydrogens (tertiary/aromatic N) is 1. The second kappa shape index (κ2) is 3.85. The second-order valence-corrected chi connectivity index (χ2v) is 4.28. The number of amides is 1. The number of carbonyl (C=O) groups is 1. The molecule has 1 heterocycles. The average Bonchev–Trinajstić information content (AvgIpc) is 2.05. The molecule has 0 N–H and O–H groups in total. The van der Waals surface area contributed by atoms with E-state index in [4.69, 9.17) is 0 Å². The molecule has 0 radical (unpaired) electrons. The van der Waals surface area contributed by atoms with Crippen LogP contribution in [0.15, 0.2) is 0 Å². The highest BCUT2D eigenvalue weighted by atomic mass is 32.2. The van der Waals surface area contributed by atoms with Crippen molar-refractivity contribution in [3.8, 4) is 0 Å². The van der Waals surface area contributed by atoms with Gasteiger partial charge in [-0.2, -0.15) is 0 Å². The third-order valence-corrected chi connectivity index (χ3v) is 3.11. The summed E-state index contributed by atoms with van der Waals surface area (Å²) in [4.78, 5) is 12.9. The van der Waals surface area contributed by atoms with Gasteiger partial charge >= 0.3 is 0 Å². The Hall–Kier alpha value is -0.380. The zero-order valence-electron chi connectivity index (χ0n) is 6.71. The Balaban J connectivity index is 2.39. The van der Waals surface area contributed by atoms with Crippen molar-refractivity contribution in [3.05, 3.63) is 0 Å². The van der Waals surface area contributed by atoms with Crippen LogP contribution in [0.2, 0.25) is 0 Å². The van der Waals surface area contributed by atoms with Gasteiger partial charge in [0.25, 0.3) is 0 Å². The van der Waals surface area contributed by atoms with E-state index in [2.05, 4.69) is 0 Å². The van der Waals surface area contributed by atoms with Crippen molar-refractivity contribution in [2.75, 3.05) is 24.6 Å². The second-order valence-electron chi connectivity index (χ2n) is 2.58. The first kappa shape index (κ1) is 8.71. The molecular formula is C7H13NO2S. The van der Waals surface area contributed by atoms with Crippen molar-refractivity contribution in [1.29, 1.82) is 0 Å². The summed E-state index contributed by atoms with van der Waals surface area (Å²) in [6.45, 7) is 3.21. The molecule has 0 unspecified atom stereocenters. The van der Waals surface area contributed by atoms with E-state index in [1.54, 1.807) is 4.90 Å². The predicted molar refractivity (Wildman–Crippen MR) is 44.7 cm³/mol. The van der Waals surface area contributed by atoms with Crippen molar-refractivity contribution in [3.63, 3.8) is 0 Å². The molecule has 1 aliphatic heterocycles. The maximum atomic E-state index is 11.1. The van der Waals surface area contributed by atoms with Gasteiger partial charge in [0.15, 0.2) is 0 Å². The first-order valence-corrected chi connectivity index (χ1v) is 5.35. The molecule has 3 nitrogen and oxygen atoms in total. The van der Waals surface area contributed by atoms with Gasteiger partial charge in [-0.1, -0.05) is 6.92 Å². The maximum absolute atomic E-state index is 11.1. The molecule has 64 valence electrons. The van der Waals surface area contributed by atoms with E-state index >= 15 is 0 Å². The van der Waals surface area contributed by atoms with Gasteiger partial charge < -0.3 is 4.90 Å². The highest BCUT2D eigenvalue weighted by Gasteiger charge is 2.17. The van der Waals surface area contributed by atoms with Crippen LogP contribution in [-0.4, -0.2) is 39.6 Å². The third-order valence-electron chi connectivity index (χ3n) is 1.83. The van der Waals surface area contributed by atoms with E-state index in [0.717, 1.165) is 0 Å². The van der Waals surface area contributed by atoms with Crippen molar-refractivity contribution in [2.45, 2.75) is 13.3 Å². The number of hydrogen-bond donors (Lipinski definition) is 0. The minimum Gasteiger partial charge on any atom is -0.341 e. The molecule has 1 fully saturated rings. The average molecular weight is 175 g/mol. The van der Waals surface area contributed by atoms with Crippen molar-refractivity contribution in [1.82, 2.24) is 4.90 Å². The van der Waals surface area contributed by atoms with Crippen molar-refractivity contribution < 1.29 is 9.00 Å². The Morgan fingerprint density at radius 2 is 2.00 bits per heavy atom. The molecule has 0 spiro atoms. The van der Waals surface area contributed by atoms with Crippen LogP contribution in [0, 0.1) is 0 Å². The van der Waals surface area contributed by atoms with Gasteiger partial charge in [-0.25, -0.2) is 0 Å². The molecule has 0 atom stereocenters. The predicted octanol–water partition coefficient (Wildman–Crippen LogP) is -0.0127. The van der Waals surface area contributed by atoms with Gasteiger partial charge in [0.05, 0.1) is 0 Å². The summed E-state index contributed by atoms with van der Waals surface area (Å²) >= 11 is 0. The fourth-order valence-electron chi connectivity index (χ4n) is 1.11. The summed E-state index contributed by atoms with van der Waals surface area (Å²) in [7, 11) is -0.673. The summed E-state index contributed by atoms with van der Waals surface area (Å²) in [5.74, 6) is 1.50. The lowest BCUT2D eigenvalue weighted by Gasteiger charge is -2.25. The number of hydrogen-bond acceptors (Lipinski definition) is 2. The van der Waals surface area contributed by atoms with Crippen LogP contribution in [0.4, 0.5) is 0 Å². The van der Waals surface area contributed by atoms with E-state index in [0.29, 0.717) is 31.0 Å². The molecule has 1 saturated heterocycles. The molecule has 0 aromatic carbocycles. The van der Waals surface area contributed by atoms with E-state index in [9.17, 15) is 9.00 Å². The first-order valence-electron chi connectivity index (χ1n) is 3.86. The SMILES string of the molecule is CCC(=O)N1CCS(=O)CC1.